The number of hydrogen-bond acceptors (Lipinski definition) is 4. The molecule has 5 nitrogen and oxygen atoms in total. The smallest absolute Gasteiger partial charge is 0.410 e. The van der Waals surface area contributed by atoms with Crippen molar-refractivity contribution >= 4 is 12.4 Å². The number of amides is 1. The first-order valence-corrected chi connectivity index (χ1v) is 7.14. The maximum absolute atomic E-state index is 12.2. The molecule has 0 fully saturated rings. The van der Waals surface area contributed by atoms with Gasteiger partial charge in [-0.05, 0) is 48.0 Å². The lowest BCUT2D eigenvalue weighted by atomic mass is 10.1. The Balaban J connectivity index is 5.00. The van der Waals surface area contributed by atoms with Gasteiger partial charge in [0.1, 0.15) is 23.2 Å². The van der Waals surface area contributed by atoms with Gasteiger partial charge in [0.05, 0.1) is 6.04 Å². The molecule has 122 valence electrons. The number of carbonyl (C=O) groups excluding carboxylic acids is 2. The van der Waals surface area contributed by atoms with Crippen LogP contribution in [0.5, 0.6) is 0 Å². The van der Waals surface area contributed by atoms with Crippen molar-refractivity contribution < 1.29 is 19.1 Å². The van der Waals surface area contributed by atoms with Crippen molar-refractivity contribution in [2.75, 3.05) is 7.05 Å². The highest BCUT2D eigenvalue weighted by Crippen LogP contribution is 2.22. The van der Waals surface area contributed by atoms with Crippen LogP contribution in [0.15, 0.2) is 12.3 Å². The van der Waals surface area contributed by atoms with Gasteiger partial charge >= 0.3 is 6.09 Å². The van der Waals surface area contributed by atoms with Gasteiger partial charge in [0, 0.05) is 13.5 Å². The summed E-state index contributed by atoms with van der Waals surface area (Å²) in [6.07, 6.45) is 1.13. The molecule has 0 aliphatic heterocycles. The molecule has 1 atom stereocenters. The van der Waals surface area contributed by atoms with Gasteiger partial charge in [0.15, 0.2) is 0 Å². The molecule has 0 N–H and O–H groups in total. The van der Waals surface area contributed by atoms with E-state index in [1.54, 1.807) is 27.8 Å². The van der Waals surface area contributed by atoms with Gasteiger partial charge in [-0.15, -0.1) is 0 Å². The summed E-state index contributed by atoms with van der Waals surface area (Å²) in [4.78, 5) is 24.2. The number of ether oxygens (including phenoxy) is 2. The zero-order valence-electron chi connectivity index (χ0n) is 14.4. The van der Waals surface area contributed by atoms with E-state index in [1.165, 1.54) is 4.90 Å². The molecule has 0 rings (SSSR count). The van der Waals surface area contributed by atoms with Crippen molar-refractivity contribution in [2.45, 2.75) is 71.6 Å². The normalized spacial score (nSPS) is 13.3. The summed E-state index contributed by atoms with van der Waals surface area (Å²) in [6.45, 7) is 15.0. The summed E-state index contributed by atoms with van der Waals surface area (Å²) in [5.74, 6) is 0.456. The first kappa shape index (κ1) is 19.5. The van der Waals surface area contributed by atoms with Crippen molar-refractivity contribution in [3.63, 3.8) is 0 Å². The van der Waals surface area contributed by atoms with Crippen LogP contribution in [0.3, 0.4) is 0 Å². The van der Waals surface area contributed by atoms with Crippen molar-refractivity contribution in [3.8, 4) is 0 Å². The monoisotopic (exact) mass is 299 g/mol. The fourth-order valence-electron chi connectivity index (χ4n) is 1.72. The van der Waals surface area contributed by atoms with Gasteiger partial charge in [-0.1, -0.05) is 6.58 Å². The zero-order valence-corrected chi connectivity index (χ0v) is 14.4. The minimum absolute atomic E-state index is 0.324. The molecular weight excluding hydrogens is 270 g/mol. The Bertz CT molecular complexity index is 377. The molecule has 0 unspecified atom stereocenters. The third-order valence-corrected chi connectivity index (χ3v) is 2.52. The average molecular weight is 299 g/mol. The summed E-state index contributed by atoms with van der Waals surface area (Å²) in [7, 11) is 1.63. The second-order valence-electron chi connectivity index (χ2n) is 7.03. The fraction of sp³-hybridized carbons (Fsp3) is 0.750. The van der Waals surface area contributed by atoms with Crippen LogP contribution >= 0.6 is 0 Å². The zero-order chi connectivity index (χ0) is 16.8. The van der Waals surface area contributed by atoms with Crippen LogP contribution in [-0.4, -0.2) is 41.6 Å². The standard InChI is InChI=1S/C16H29NO4/c1-12(20-15(2,3)4)13(10-9-11-18)17(8)14(19)21-16(5,6)7/h11,13H,1,9-10H2,2-8H3/t13-/m0/s1. The SMILES string of the molecule is C=C(OC(C)(C)C)[C@H](CCC=O)N(C)C(=O)OC(C)(C)C. The number of aldehydes is 1. The highest BCUT2D eigenvalue weighted by Gasteiger charge is 2.29. The quantitative estimate of drug-likeness (QED) is 0.556. The number of likely N-dealkylation sites (N-methyl/N-ethyl adjacent to an activating group) is 1. The third kappa shape index (κ3) is 8.38. The molecule has 0 heterocycles. The van der Waals surface area contributed by atoms with Crippen LogP contribution in [0.2, 0.25) is 0 Å². The Kier molecular flexibility index (Phi) is 6.94. The first-order chi connectivity index (χ1) is 9.37. The predicted molar refractivity (Wildman–Crippen MR) is 83.1 cm³/mol. The van der Waals surface area contributed by atoms with Crippen LogP contribution in [0.4, 0.5) is 4.79 Å². The summed E-state index contributed by atoms with van der Waals surface area (Å²) >= 11 is 0. The lowest BCUT2D eigenvalue weighted by Gasteiger charge is -2.34. The van der Waals surface area contributed by atoms with Crippen LogP contribution in [0.1, 0.15) is 54.4 Å². The third-order valence-electron chi connectivity index (χ3n) is 2.52. The molecule has 21 heavy (non-hydrogen) atoms. The second-order valence-corrected chi connectivity index (χ2v) is 7.03. The maximum atomic E-state index is 12.2. The van der Waals surface area contributed by atoms with E-state index in [1.807, 2.05) is 20.8 Å². The Labute approximate surface area is 128 Å². The van der Waals surface area contributed by atoms with E-state index in [0.717, 1.165) is 6.29 Å². The molecular formula is C16H29NO4. The van der Waals surface area contributed by atoms with E-state index in [0.29, 0.717) is 18.6 Å². The highest BCUT2D eigenvalue weighted by molar-refractivity contribution is 5.68. The average Bonchev–Trinajstić information content (AvgIpc) is 2.24. The molecule has 0 aliphatic rings. The molecule has 0 aromatic carbocycles. The minimum Gasteiger partial charge on any atom is -0.491 e. The van der Waals surface area contributed by atoms with E-state index >= 15 is 0 Å². The summed E-state index contributed by atoms with van der Waals surface area (Å²) in [6, 6.07) is -0.399. The molecule has 1 amide bonds. The van der Waals surface area contributed by atoms with Crippen molar-refractivity contribution in [2.24, 2.45) is 0 Å². The van der Waals surface area contributed by atoms with E-state index < -0.39 is 23.3 Å². The summed E-state index contributed by atoms with van der Waals surface area (Å²) < 4.78 is 11.1. The van der Waals surface area contributed by atoms with Crippen LogP contribution < -0.4 is 0 Å². The second kappa shape index (κ2) is 7.48. The Morgan fingerprint density at radius 1 is 1.14 bits per heavy atom. The van der Waals surface area contributed by atoms with Crippen LogP contribution in [0, 0.1) is 0 Å². The van der Waals surface area contributed by atoms with E-state index in [9.17, 15) is 9.59 Å². The number of carbonyl (C=O) groups is 2. The van der Waals surface area contributed by atoms with Gasteiger partial charge in [-0.3, -0.25) is 0 Å². The van der Waals surface area contributed by atoms with Crippen molar-refractivity contribution in [1.29, 1.82) is 0 Å². The lowest BCUT2D eigenvalue weighted by Crippen LogP contribution is -2.43. The van der Waals surface area contributed by atoms with Crippen LogP contribution in [0.25, 0.3) is 0 Å². The first-order valence-electron chi connectivity index (χ1n) is 7.14. The fourth-order valence-corrected chi connectivity index (χ4v) is 1.72. The molecule has 0 aromatic rings. The highest BCUT2D eigenvalue weighted by atomic mass is 16.6. The summed E-state index contributed by atoms with van der Waals surface area (Å²) in [5.41, 5.74) is -0.988. The van der Waals surface area contributed by atoms with Crippen molar-refractivity contribution in [1.82, 2.24) is 4.90 Å². The molecule has 0 radical (unpaired) electrons. The number of hydrogen-bond donors (Lipinski definition) is 0. The van der Waals surface area contributed by atoms with Gasteiger partial charge < -0.3 is 19.2 Å². The molecule has 0 saturated heterocycles. The predicted octanol–water partition coefficient (Wildman–Crippen LogP) is 3.53. The number of rotatable bonds is 6. The van der Waals surface area contributed by atoms with Gasteiger partial charge in [0.25, 0.3) is 0 Å². The minimum atomic E-state index is -0.577. The topological polar surface area (TPSA) is 55.8 Å². The van der Waals surface area contributed by atoms with E-state index in [4.69, 9.17) is 9.47 Å². The van der Waals surface area contributed by atoms with Gasteiger partial charge in [0.2, 0.25) is 0 Å². The largest absolute Gasteiger partial charge is 0.491 e. The van der Waals surface area contributed by atoms with E-state index in [2.05, 4.69) is 6.58 Å². The lowest BCUT2D eigenvalue weighted by molar-refractivity contribution is -0.108. The molecule has 0 aliphatic carbocycles. The molecule has 0 spiro atoms. The molecule has 0 bridgehead atoms. The van der Waals surface area contributed by atoms with E-state index in [-0.39, 0.29) is 0 Å². The Hall–Kier alpha value is -1.52. The Morgan fingerprint density at radius 3 is 2.00 bits per heavy atom. The van der Waals surface area contributed by atoms with Gasteiger partial charge in [-0.2, -0.15) is 0 Å². The molecule has 5 heteroatoms. The Morgan fingerprint density at radius 2 is 1.62 bits per heavy atom. The molecule has 0 aromatic heterocycles. The van der Waals surface area contributed by atoms with Crippen molar-refractivity contribution in [3.05, 3.63) is 12.3 Å². The maximum Gasteiger partial charge on any atom is 0.410 e. The molecule has 0 saturated carbocycles. The summed E-state index contributed by atoms with van der Waals surface area (Å²) in [5, 5.41) is 0. The van der Waals surface area contributed by atoms with Gasteiger partial charge in [-0.25, -0.2) is 4.79 Å². The number of nitrogens with zero attached hydrogens (tertiary/aromatic N) is 1. The van der Waals surface area contributed by atoms with Crippen LogP contribution in [-0.2, 0) is 14.3 Å².